The molecule has 9 aromatic rings. The summed E-state index contributed by atoms with van der Waals surface area (Å²) in [6.45, 7) is 0. The Bertz CT molecular complexity index is 2780. The Morgan fingerprint density at radius 1 is 0.480 bits per heavy atom. The summed E-state index contributed by atoms with van der Waals surface area (Å²) in [7, 11) is 0. The van der Waals surface area contributed by atoms with Gasteiger partial charge in [0.1, 0.15) is 0 Å². The Labute approximate surface area is 294 Å². The summed E-state index contributed by atoms with van der Waals surface area (Å²) < 4.78 is 4.99. The van der Waals surface area contributed by atoms with Crippen molar-refractivity contribution in [1.82, 2.24) is 9.88 Å². The maximum Gasteiger partial charge on any atom is 0.200 e. The predicted molar refractivity (Wildman–Crippen MR) is 214 cm³/mol. The number of nitrogens with one attached hydrogen (secondary N) is 1. The van der Waals surface area contributed by atoms with E-state index < -0.39 is 0 Å². The highest BCUT2D eigenvalue weighted by atomic mass is 32.1. The predicted octanol–water partition coefficient (Wildman–Crippen LogP) is 12.3. The van der Waals surface area contributed by atoms with Crippen molar-refractivity contribution in [2.75, 3.05) is 0 Å². The second-order valence-electron chi connectivity index (χ2n) is 12.8. The van der Waals surface area contributed by atoms with E-state index in [0.717, 1.165) is 22.3 Å². The van der Waals surface area contributed by atoms with E-state index in [-0.39, 0.29) is 6.29 Å². The summed E-state index contributed by atoms with van der Waals surface area (Å²) in [5.41, 5.74) is 11.8. The van der Waals surface area contributed by atoms with Crippen LogP contribution in [0, 0.1) is 0 Å². The summed E-state index contributed by atoms with van der Waals surface area (Å²) in [5.74, 6) is 0. The fourth-order valence-corrected chi connectivity index (χ4v) is 8.73. The van der Waals surface area contributed by atoms with Crippen LogP contribution < -0.4 is 5.32 Å². The van der Waals surface area contributed by atoms with Crippen LogP contribution in [0.15, 0.2) is 175 Å². The van der Waals surface area contributed by atoms with Crippen molar-refractivity contribution < 1.29 is 0 Å². The average Bonchev–Trinajstić information content (AvgIpc) is 3.74. The van der Waals surface area contributed by atoms with Crippen LogP contribution in [0.3, 0.4) is 0 Å². The fourth-order valence-electron chi connectivity index (χ4n) is 7.49. The molecule has 236 valence electrons. The molecule has 2 aromatic heterocycles. The highest BCUT2D eigenvalue weighted by Gasteiger charge is 2.21. The van der Waals surface area contributed by atoms with E-state index in [1.807, 2.05) is 17.6 Å². The number of aliphatic imine (C=N–C) groups is 1. The Morgan fingerprint density at radius 3 is 1.98 bits per heavy atom. The van der Waals surface area contributed by atoms with Gasteiger partial charge in [-0.1, -0.05) is 133 Å². The number of aromatic nitrogens is 1. The third-order valence-corrected chi connectivity index (χ3v) is 11.1. The Morgan fingerprint density at radius 2 is 1.12 bits per heavy atom. The second-order valence-corrected chi connectivity index (χ2v) is 13.9. The molecule has 3 heterocycles. The molecule has 1 aliphatic rings. The van der Waals surface area contributed by atoms with Crippen molar-refractivity contribution in [3.8, 4) is 33.4 Å². The number of nitrogens with zero attached hydrogens (tertiary/aromatic N) is 2. The summed E-state index contributed by atoms with van der Waals surface area (Å²) >= 11 is 1.88. The van der Waals surface area contributed by atoms with Crippen LogP contribution in [0.5, 0.6) is 0 Å². The SMILES string of the molecule is C1=NC(n2c3ccccc3c3cc(-c4cccc5c4sc4ccccc45)ccc32)NC(c2ccc(-c3cccc(-c4ccccc4)c3)cc2)=C1. The van der Waals surface area contributed by atoms with Gasteiger partial charge >= 0.3 is 0 Å². The Balaban J connectivity index is 0.990. The minimum absolute atomic E-state index is 0.281. The van der Waals surface area contributed by atoms with Crippen molar-refractivity contribution in [1.29, 1.82) is 0 Å². The Kier molecular flexibility index (Phi) is 6.74. The molecule has 0 saturated carbocycles. The Hall–Kier alpha value is -6.23. The van der Waals surface area contributed by atoms with Crippen LogP contribution in [0.1, 0.15) is 11.9 Å². The molecule has 3 nitrogen and oxygen atoms in total. The summed E-state index contributed by atoms with van der Waals surface area (Å²) in [6.07, 6.45) is 3.72. The first-order valence-corrected chi connectivity index (χ1v) is 17.8. The number of thiophene rings is 1. The third-order valence-electron chi connectivity index (χ3n) is 9.92. The lowest BCUT2D eigenvalue weighted by atomic mass is 9.98. The lowest BCUT2D eigenvalue weighted by Crippen LogP contribution is -2.26. The van der Waals surface area contributed by atoms with Crippen LogP contribution in [-0.4, -0.2) is 10.8 Å². The maximum absolute atomic E-state index is 4.95. The number of rotatable bonds is 5. The molecular formula is C46H31N3S. The smallest absolute Gasteiger partial charge is 0.200 e. The number of allylic oxidation sites excluding steroid dienone is 1. The van der Waals surface area contributed by atoms with E-state index in [1.165, 1.54) is 64.3 Å². The van der Waals surface area contributed by atoms with E-state index >= 15 is 0 Å². The van der Waals surface area contributed by atoms with Gasteiger partial charge in [0, 0.05) is 42.9 Å². The largest absolute Gasteiger partial charge is 0.346 e. The minimum atomic E-state index is -0.281. The molecule has 0 amide bonds. The molecule has 0 fully saturated rings. The van der Waals surface area contributed by atoms with Crippen molar-refractivity contribution in [3.05, 3.63) is 175 Å². The second kappa shape index (κ2) is 11.7. The first kappa shape index (κ1) is 28.8. The van der Waals surface area contributed by atoms with Gasteiger partial charge in [-0.25, -0.2) is 4.99 Å². The molecule has 4 heteroatoms. The first-order chi connectivity index (χ1) is 24.8. The van der Waals surface area contributed by atoms with Crippen LogP contribution in [0.4, 0.5) is 0 Å². The third kappa shape index (κ3) is 4.76. The van der Waals surface area contributed by atoms with Gasteiger partial charge in [-0.2, -0.15) is 0 Å². The van der Waals surface area contributed by atoms with Gasteiger partial charge in [0.2, 0.25) is 6.29 Å². The van der Waals surface area contributed by atoms with Gasteiger partial charge < -0.3 is 9.88 Å². The van der Waals surface area contributed by atoms with Crippen molar-refractivity contribution in [2.45, 2.75) is 6.29 Å². The number of hydrogen-bond donors (Lipinski definition) is 1. The zero-order valence-corrected chi connectivity index (χ0v) is 27.9. The molecule has 0 aliphatic carbocycles. The van der Waals surface area contributed by atoms with Crippen molar-refractivity contribution >= 4 is 65.2 Å². The zero-order valence-electron chi connectivity index (χ0n) is 27.1. The molecule has 0 saturated heterocycles. The lowest BCUT2D eigenvalue weighted by Gasteiger charge is -2.24. The normalized spacial score (nSPS) is 14.4. The fraction of sp³-hybridized carbons (Fsp3) is 0.0217. The number of benzene rings is 7. The van der Waals surface area contributed by atoms with E-state index in [4.69, 9.17) is 4.99 Å². The van der Waals surface area contributed by atoms with Crippen LogP contribution >= 0.6 is 11.3 Å². The summed E-state index contributed by atoms with van der Waals surface area (Å²) in [4.78, 5) is 4.95. The van der Waals surface area contributed by atoms with Gasteiger partial charge in [-0.05, 0) is 75.4 Å². The molecule has 0 radical (unpaired) electrons. The molecule has 1 N–H and O–H groups in total. The molecule has 0 bridgehead atoms. The van der Waals surface area contributed by atoms with Gasteiger partial charge in [0.05, 0.1) is 11.0 Å². The van der Waals surface area contributed by atoms with E-state index in [2.05, 4.69) is 180 Å². The van der Waals surface area contributed by atoms with Gasteiger partial charge in [-0.3, -0.25) is 0 Å². The molecule has 1 atom stereocenters. The average molecular weight is 658 g/mol. The summed E-state index contributed by atoms with van der Waals surface area (Å²) in [5, 5.41) is 8.85. The van der Waals surface area contributed by atoms with Crippen LogP contribution in [0.2, 0.25) is 0 Å². The van der Waals surface area contributed by atoms with Gasteiger partial charge in [0.15, 0.2) is 0 Å². The van der Waals surface area contributed by atoms with E-state index in [0.29, 0.717) is 0 Å². The van der Waals surface area contributed by atoms with E-state index in [9.17, 15) is 0 Å². The highest BCUT2D eigenvalue weighted by Crippen LogP contribution is 2.42. The monoisotopic (exact) mass is 657 g/mol. The number of hydrogen-bond acceptors (Lipinski definition) is 3. The molecule has 7 aromatic carbocycles. The number of fused-ring (bicyclic) bond motifs is 6. The van der Waals surface area contributed by atoms with E-state index in [1.54, 1.807) is 0 Å². The topological polar surface area (TPSA) is 29.3 Å². The molecule has 0 spiro atoms. The maximum atomic E-state index is 4.95. The van der Waals surface area contributed by atoms with Crippen molar-refractivity contribution in [2.24, 2.45) is 4.99 Å². The molecule has 10 rings (SSSR count). The molecule has 1 unspecified atom stereocenters. The van der Waals surface area contributed by atoms with Crippen LogP contribution in [0.25, 0.3) is 81.1 Å². The van der Waals surface area contributed by atoms with Gasteiger partial charge in [0.25, 0.3) is 0 Å². The lowest BCUT2D eigenvalue weighted by molar-refractivity contribution is 0.510. The molecule has 1 aliphatic heterocycles. The quantitative estimate of drug-likeness (QED) is 0.196. The standard InChI is InChI=1S/C46H31N3S/c1-2-10-30(11-3-1)33-12-8-13-34(28-33)31-20-22-32(23-21-31)41-26-27-47-46(48-41)49-42-18-6-4-14-37(42)40-29-35(24-25-43(40)49)36-16-9-17-39-38-15-5-7-19-44(38)50-45(36)39/h1-29,46,48H. The molecular weight excluding hydrogens is 627 g/mol. The molecule has 50 heavy (non-hydrogen) atoms. The van der Waals surface area contributed by atoms with Crippen LogP contribution in [-0.2, 0) is 0 Å². The van der Waals surface area contributed by atoms with Crippen molar-refractivity contribution in [3.63, 3.8) is 0 Å². The minimum Gasteiger partial charge on any atom is -0.346 e. The van der Waals surface area contributed by atoms with Gasteiger partial charge in [-0.15, -0.1) is 11.3 Å². The zero-order chi connectivity index (χ0) is 33.0. The highest BCUT2D eigenvalue weighted by molar-refractivity contribution is 7.26. The first-order valence-electron chi connectivity index (χ1n) is 17.0. The number of para-hydroxylation sites is 1. The summed E-state index contributed by atoms with van der Waals surface area (Å²) in [6, 6.07) is 59.1.